The minimum absolute atomic E-state index is 0.186. The molecule has 2 amide bonds. The van der Waals surface area contributed by atoms with Gasteiger partial charge < -0.3 is 15.7 Å². The molecule has 1 unspecified atom stereocenters. The van der Waals surface area contributed by atoms with E-state index in [1.54, 1.807) is 0 Å². The van der Waals surface area contributed by atoms with Crippen LogP contribution in [0.5, 0.6) is 0 Å². The Kier molecular flexibility index (Phi) is 9.63. The van der Waals surface area contributed by atoms with Gasteiger partial charge in [0.05, 0.1) is 18.6 Å². The Labute approximate surface area is 227 Å². The summed E-state index contributed by atoms with van der Waals surface area (Å²) < 4.78 is 79.7. The monoisotopic (exact) mass is 593 g/mol. The second kappa shape index (κ2) is 12.6. The zero-order chi connectivity index (χ0) is 29.7. The Bertz CT molecular complexity index is 1400. The van der Waals surface area contributed by atoms with E-state index < -0.39 is 67.6 Å². The summed E-state index contributed by atoms with van der Waals surface area (Å²) in [6.07, 6.45) is -10.7. The van der Waals surface area contributed by atoms with Crippen molar-refractivity contribution in [2.24, 2.45) is 0 Å². The molecule has 2 aromatic carbocycles. The van der Waals surface area contributed by atoms with Gasteiger partial charge in [-0.2, -0.15) is 26.3 Å². The molecule has 9 nitrogen and oxygen atoms in total. The Morgan fingerprint density at radius 3 is 2.33 bits per heavy atom. The van der Waals surface area contributed by atoms with Crippen LogP contribution in [-0.2, 0) is 28.9 Å². The molecule has 1 aromatic heterocycles. The van der Waals surface area contributed by atoms with Crippen molar-refractivity contribution in [1.29, 1.82) is 0 Å². The van der Waals surface area contributed by atoms with Crippen LogP contribution in [0.3, 0.4) is 0 Å². The van der Waals surface area contributed by atoms with Crippen molar-refractivity contribution in [3.8, 4) is 11.4 Å². The predicted molar refractivity (Wildman–Crippen MR) is 130 cm³/mol. The van der Waals surface area contributed by atoms with Gasteiger partial charge in [-0.1, -0.05) is 23.7 Å². The third-order valence-corrected chi connectivity index (χ3v) is 5.72. The van der Waals surface area contributed by atoms with Gasteiger partial charge >= 0.3 is 18.0 Å². The highest BCUT2D eigenvalue weighted by Crippen LogP contribution is 2.31. The highest BCUT2D eigenvalue weighted by Gasteiger charge is 2.33. The molecule has 0 saturated heterocycles. The molecule has 0 aliphatic carbocycles. The van der Waals surface area contributed by atoms with Crippen molar-refractivity contribution in [3.63, 3.8) is 0 Å². The maximum atomic E-state index is 13.2. The smallest absolute Gasteiger partial charge is 0.395 e. The largest absolute Gasteiger partial charge is 0.416 e. The lowest BCUT2D eigenvalue weighted by molar-refractivity contribution is -0.138. The minimum Gasteiger partial charge on any atom is -0.395 e. The number of aliphatic hydroxyl groups excluding tert-OH is 1. The van der Waals surface area contributed by atoms with Crippen molar-refractivity contribution in [2.45, 2.75) is 37.9 Å². The van der Waals surface area contributed by atoms with Gasteiger partial charge in [0.1, 0.15) is 12.6 Å². The highest BCUT2D eigenvalue weighted by atomic mass is 35.5. The molecule has 0 aliphatic heterocycles. The first-order valence-electron chi connectivity index (χ1n) is 11.5. The molecule has 0 saturated carbocycles. The van der Waals surface area contributed by atoms with Gasteiger partial charge in [-0.3, -0.25) is 14.2 Å². The van der Waals surface area contributed by atoms with Crippen LogP contribution in [0, 0.1) is 0 Å². The van der Waals surface area contributed by atoms with E-state index in [-0.39, 0.29) is 23.5 Å². The summed E-state index contributed by atoms with van der Waals surface area (Å²) in [6.45, 7) is -2.44. The molecule has 0 aliphatic rings. The first-order valence-corrected chi connectivity index (χ1v) is 11.9. The molecule has 0 radical (unpaired) electrons. The zero-order valence-corrected chi connectivity index (χ0v) is 21.1. The summed E-state index contributed by atoms with van der Waals surface area (Å²) in [5.74, 6) is -2.19. The number of aromatic nitrogens is 3. The van der Waals surface area contributed by atoms with E-state index in [0.29, 0.717) is 15.8 Å². The molecule has 1 atom stereocenters. The Morgan fingerprint density at radius 1 is 1.05 bits per heavy atom. The number of rotatable bonds is 10. The molecular weight excluding hydrogens is 572 g/mol. The number of hydrogen-bond acceptors (Lipinski definition) is 5. The van der Waals surface area contributed by atoms with Gasteiger partial charge in [0.15, 0.2) is 5.82 Å². The maximum absolute atomic E-state index is 13.2. The minimum atomic E-state index is -4.75. The first kappa shape index (κ1) is 30.7. The Morgan fingerprint density at radius 2 is 1.73 bits per heavy atom. The molecule has 0 spiro atoms. The average Bonchev–Trinajstić information content (AvgIpc) is 3.18. The molecule has 3 rings (SSSR count). The van der Waals surface area contributed by atoms with Gasteiger partial charge in [-0.05, 0) is 42.0 Å². The van der Waals surface area contributed by atoms with E-state index >= 15 is 0 Å². The number of benzene rings is 2. The fourth-order valence-electron chi connectivity index (χ4n) is 3.62. The van der Waals surface area contributed by atoms with Crippen LogP contribution >= 0.6 is 11.6 Å². The molecule has 0 bridgehead atoms. The summed E-state index contributed by atoms with van der Waals surface area (Å²) >= 11 is 5.85. The molecule has 0 fully saturated rings. The lowest BCUT2D eigenvalue weighted by Gasteiger charge is -2.20. The normalized spacial score (nSPS) is 12.7. The maximum Gasteiger partial charge on any atom is 0.416 e. The highest BCUT2D eigenvalue weighted by molar-refractivity contribution is 6.30. The van der Waals surface area contributed by atoms with Crippen LogP contribution in [0.4, 0.5) is 26.3 Å². The Hall–Kier alpha value is -3.85. The van der Waals surface area contributed by atoms with Gasteiger partial charge in [-0.25, -0.2) is 9.48 Å². The van der Waals surface area contributed by atoms with Crippen molar-refractivity contribution in [2.75, 3.05) is 13.2 Å². The number of aliphatic hydroxyl groups is 1. The van der Waals surface area contributed by atoms with E-state index in [1.165, 1.54) is 24.3 Å². The third kappa shape index (κ3) is 8.08. The number of nitrogens with zero attached hydrogens (tertiary/aromatic N) is 3. The second-order valence-corrected chi connectivity index (χ2v) is 8.86. The van der Waals surface area contributed by atoms with E-state index in [2.05, 4.69) is 15.7 Å². The van der Waals surface area contributed by atoms with Crippen molar-refractivity contribution < 1.29 is 41.0 Å². The van der Waals surface area contributed by atoms with Gasteiger partial charge in [0.25, 0.3) is 0 Å². The first-order chi connectivity index (χ1) is 18.7. The van der Waals surface area contributed by atoms with Crippen LogP contribution in [0.25, 0.3) is 11.4 Å². The van der Waals surface area contributed by atoms with Gasteiger partial charge in [0, 0.05) is 23.7 Å². The van der Waals surface area contributed by atoms with Crippen molar-refractivity contribution in [1.82, 2.24) is 25.0 Å². The number of halogens is 7. The Balaban J connectivity index is 1.93. The number of carbonyl (C=O) groups excluding carboxylic acids is 2. The zero-order valence-electron chi connectivity index (χ0n) is 20.4. The molecule has 1 heterocycles. The van der Waals surface area contributed by atoms with Gasteiger partial charge in [-0.15, -0.1) is 5.10 Å². The number of hydrogen-bond donors (Lipinski definition) is 3. The summed E-state index contributed by atoms with van der Waals surface area (Å²) in [7, 11) is 0. The fourth-order valence-corrected chi connectivity index (χ4v) is 3.74. The fraction of sp³-hybridized carbons (Fsp3) is 0.333. The third-order valence-electron chi connectivity index (χ3n) is 5.46. The van der Waals surface area contributed by atoms with E-state index in [4.69, 9.17) is 16.7 Å². The number of alkyl halides is 6. The van der Waals surface area contributed by atoms with Gasteiger partial charge in [0.2, 0.25) is 11.8 Å². The van der Waals surface area contributed by atoms with Crippen molar-refractivity contribution >= 4 is 23.4 Å². The number of nitrogens with one attached hydrogen (secondary N) is 2. The van der Waals surface area contributed by atoms with Crippen LogP contribution in [0.15, 0.2) is 53.3 Å². The van der Waals surface area contributed by atoms with Crippen LogP contribution in [-0.4, -0.2) is 50.6 Å². The summed E-state index contributed by atoms with van der Waals surface area (Å²) in [5.41, 5.74) is -2.17. The molecule has 3 N–H and O–H groups in total. The average molecular weight is 594 g/mol. The number of carbonyl (C=O) groups is 2. The quantitative estimate of drug-likeness (QED) is 0.312. The SMILES string of the molecule is O=C(Cn1nc(-c2ccc(Cl)cc2)n(CCC(F)(F)F)c1=O)NC(C(=O)NCCO)c1cccc(C(F)(F)F)c1. The standard InChI is InChI=1S/C24H22ClF6N5O4/c25-17-6-4-14(5-7-17)20-34-36(22(40)35(20)10-8-23(26,27)28)13-18(38)33-19(21(39)32-9-11-37)15-2-1-3-16(12-15)24(29,30)31/h1-7,12,19,37H,8-11,13H2,(H,32,39)(H,33,38). The lowest BCUT2D eigenvalue weighted by Crippen LogP contribution is -2.43. The summed E-state index contributed by atoms with van der Waals surface area (Å²) in [4.78, 5) is 38.4. The topological polar surface area (TPSA) is 118 Å². The second-order valence-electron chi connectivity index (χ2n) is 8.43. The lowest BCUT2D eigenvalue weighted by atomic mass is 10.0. The molecule has 16 heteroatoms. The molecular formula is C24H22ClF6N5O4. The van der Waals surface area contributed by atoms with E-state index in [0.717, 1.165) is 22.8 Å². The van der Waals surface area contributed by atoms with Crippen LogP contribution < -0.4 is 16.3 Å². The van der Waals surface area contributed by atoms with Crippen LogP contribution in [0.1, 0.15) is 23.6 Å². The summed E-state index contributed by atoms with van der Waals surface area (Å²) in [6, 6.07) is 7.61. The predicted octanol–water partition coefficient (Wildman–Crippen LogP) is 3.30. The molecule has 40 heavy (non-hydrogen) atoms. The van der Waals surface area contributed by atoms with Crippen LogP contribution in [0.2, 0.25) is 5.02 Å². The van der Waals surface area contributed by atoms with E-state index in [1.807, 2.05) is 0 Å². The molecule has 3 aromatic rings. The number of amides is 2. The van der Waals surface area contributed by atoms with Crippen molar-refractivity contribution in [3.05, 3.63) is 75.2 Å². The molecule has 216 valence electrons. The summed E-state index contributed by atoms with van der Waals surface area (Å²) in [5, 5.41) is 17.7. The van der Waals surface area contributed by atoms with E-state index in [9.17, 15) is 40.7 Å².